The van der Waals surface area contributed by atoms with Gasteiger partial charge in [0.25, 0.3) is 5.91 Å². The zero-order valence-corrected chi connectivity index (χ0v) is 20.7. The van der Waals surface area contributed by atoms with E-state index in [4.69, 9.17) is 4.98 Å². The third-order valence-electron chi connectivity index (χ3n) is 5.31. The summed E-state index contributed by atoms with van der Waals surface area (Å²) in [7, 11) is 0. The number of amides is 1. The van der Waals surface area contributed by atoms with Gasteiger partial charge in [-0.15, -0.1) is 23.7 Å². The maximum atomic E-state index is 13.6. The van der Waals surface area contributed by atoms with Gasteiger partial charge >= 0.3 is 0 Å². The molecular weight excluding hydrogens is 448 g/mol. The lowest BCUT2D eigenvalue weighted by atomic mass is 10.1. The second-order valence-electron chi connectivity index (χ2n) is 7.40. The SMILES string of the molecule is CCN(CC)CCN(C(=O)c1nc2ccccc2s1)c1nc2c(C)cc(C)cc2s1.Cl. The number of halogens is 1. The van der Waals surface area contributed by atoms with Crippen LogP contribution in [0.3, 0.4) is 0 Å². The molecule has 2 heterocycles. The van der Waals surface area contributed by atoms with Gasteiger partial charge in [0.1, 0.15) is 0 Å². The van der Waals surface area contributed by atoms with Crippen LogP contribution in [0.15, 0.2) is 36.4 Å². The third kappa shape index (κ3) is 4.90. The fraction of sp³-hybridized carbons (Fsp3) is 0.348. The van der Waals surface area contributed by atoms with Gasteiger partial charge in [0.15, 0.2) is 10.1 Å². The number of para-hydroxylation sites is 1. The Labute approximate surface area is 197 Å². The minimum Gasteiger partial charge on any atom is -0.302 e. The van der Waals surface area contributed by atoms with Crippen LogP contribution in [0.2, 0.25) is 0 Å². The Hall–Kier alpha value is -2.06. The molecule has 0 fully saturated rings. The summed E-state index contributed by atoms with van der Waals surface area (Å²) in [5.41, 5.74) is 4.20. The number of hydrogen-bond acceptors (Lipinski definition) is 6. The Morgan fingerprint density at radius 2 is 1.71 bits per heavy atom. The number of benzene rings is 2. The number of thiazole rings is 2. The highest BCUT2D eigenvalue weighted by Crippen LogP contribution is 2.33. The average molecular weight is 475 g/mol. The van der Waals surface area contributed by atoms with Crippen molar-refractivity contribution in [2.75, 3.05) is 31.1 Å². The lowest BCUT2D eigenvalue weighted by Crippen LogP contribution is -2.38. The largest absolute Gasteiger partial charge is 0.302 e. The smallest absolute Gasteiger partial charge is 0.289 e. The van der Waals surface area contributed by atoms with E-state index in [0.29, 0.717) is 11.6 Å². The molecule has 0 saturated heterocycles. The van der Waals surface area contributed by atoms with Crippen molar-refractivity contribution in [3.8, 4) is 0 Å². The summed E-state index contributed by atoms with van der Waals surface area (Å²) in [4.78, 5) is 27.2. The molecule has 0 aliphatic heterocycles. The van der Waals surface area contributed by atoms with Crippen LogP contribution in [0.25, 0.3) is 20.4 Å². The lowest BCUT2D eigenvalue weighted by molar-refractivity contribution is 0.0983. The van der Waals surface area contributed by atoms with Gasteiger partial charge in [0.2, 0.25) is 0 Å². The predicted molar refractivity (Wildman–Crippen MR) is 135 cm³/mol. The van der Waals surface area contributed by atoms with E-state index in [9.17, 15) is 4.79 Å². The van der Waals surface area contributed by atoms with Gasteiger partial charge in [-0.2, -0.15) is 0 Å². The average Bonchev–Trinajstić information content (AvgIpc) is 3.35. The van der Waals surface area contributed by atoms with Crippen LogP contribution < -0.4 is 4.90 Å². The molecule has 164 valence electrons. The highest BCUT2D eigenvalue weighted by atomic mass is 35.5. The second kappa shape index (κ2) is 10.0. The molecular formula is C23H27ClN4OS2. The molecule has 1 amide bonds. The predicted octanol–water partition coefficient (Wildman–Crippen LogP) is 5.93. The number of rotatable bonds is 7. The summed E-state index contributed by atoms with van der Waals surface area (Å²) in [5, 5.41) is 1.26. The maximum Gasteiger partial charge on any atom is 0.289 e. The van der Waals surface area contributed by atoms with E-state index in [-0.39, 0.29) is 18.3 Å². The van der Waals surface area contributed by atoms with Gasteiger partial charge in [0.05, 0.1) is 20.4 Å². The van der Waals surface area contributed by atoms with Crippen molar-refractivity contribution < 1.29 is 4.79 Å². The summed E-state index contributed by atoms with van der Waals surface area (Å²) < 4.78 is 2.15. The number of anilines is 1. The van der Waals surface area contributed by atoms with Crippen molar-refractivity contribution in [1.29, 1.82) is 0 Å². The van der Waals surface area contributed by atoms with Crippen LogP contribution in [-0.2, 0) is 0 Å². The van der Waals surface area contributed by atoms with Gasteiger partial charge in [-0.25, -0.2) is 9.97 Å². The monoisotopic (exact) mass is 474 g/mol. The first-order valence-electron chi connectivity index (χ1n) is 10.3. The molecule has 0 unspecified atom stereocenters. The molecule has 8 heteroatoms. The fourth-order valence-corrected chi connectivity index (χ4v) is 5.70. The van der Waals surface area contributed by atoms with Crippen LogP contribution in [0, 0.1) is 13.8 Å². The highest BCUT2D eigenvalue weighted by Gasteiger charge is 2.25. The first kappa shape index (κ1) is 23.6. The van der Waals surface area contributed by atoms with Crippen molar-refractivity contribution in [2.24, 2.45) is 0 Å². The molecule has 5 nitrogen and oxygen atoms in total. The minimum absolute atomic E-state index is 0. The van der Waals surface area contributed by atoms with Crippen molar-refractivity contribution in [3.05, 3.63) is 52.5 Å². The molecule has 0 radical (unpaired) electrons. The standard InChI is InChI=1S/C23H26N4OS2.ClH/c1-5-26(6-2)11-12-27(22(28)21-24-17-9-7-8-10-18(17)29-21)23-25-20-16(4)13-15(3)14-19(20)30-23;/h7-10,13-14H,5-6,11-12H2,1-4H3;1H. The van der Waals surface area contributed by atoms with Crippen LogP contribution in [-0.4, -0.2) is 47.0 Å². The summed E-state index contributed by atoms with van der Waals surface area (Å²) in [6.45, 7) is 11.8. The zero-order chi connectivity index (χ0) is 21.3. The number of likely N-dealkylation sites (N-methyl/N-ethyl adjacent to an activating group) is 1. The Balaban J connectivity index is 0.00000272. The van der Waals surface area contributed by atoms with Gasteiger partial charge < -0.3 is 4.90 Å². The molecule has 0 bridgehead atoms. The number of aryl methyl sites for hydroxylation is 2. The Morgan fingerprint density at radius 1 is 0.968 bits per heavy atom. The van der Waals surface area contributed by atoms with Crippen molar-refractivity contribution in [2.45, 2.75) is 27.7 Å². The molecule has 31 heavy (non-hydrogen) atoms. The first-order valence-corrected chi connectivity index (χ1v) is 11.9. The quantitative estimate of drug-likeness (QED) is 0.333. The summed E-state index contributed by atoms with van der Waals surface area (Å²) in [6, 6.07) is 12.2. The summed E-state index contributed by atoms with van der Waals surface area (Å²) in [5.74, 6) is -0.0724. The Kier molecular flexibility index (Phi) is 7.64. The fourth-order valence-electron chi connectivity index (χ4n) is 3.62. The summed E-state index contributed by atoms with van der Waals surface area (Å²) >= 11 is 3.03. The molecule has 0 spiro atoms. The van der Waals surface area contributed by atoms with E-state index < -0.39 is 0 Å². The molecule has 0 saturated carbocycles. The van der Waals surface area contributed by atoms with Crippen LogP contribution in [0.1, 0.15) is 34.8 Å². The van der Waals surface area contributed by atoms with Gasteiger partial charge in [-0.3, -0.25) is 9.69 Å². The van der Waals surface area contributed by atoms with E-state index in [1.165, 1.54) is 16.9 Å². The molecule has 4 aromatic rings. The van der Waals surface area contributed by atoms with Gasteiger partial charge in [0, 0.05) is 13.1 Å². The van der Waals surface area contributed by atoms with E-state index >= 15 is 0 Å². The highest BCUT2D eigenvalue weighted by molar-refractivity contribution is 7.23. The zero-order valence-electron chi connectivity index (χ0n) is 18.2. The Morgan fingerprint density at radius 3 is 2.42 bits per heavy atom. The van der Waals surface area contributed by atoms with Crippen molar-refractivity contribution >= 4 is 66.6 Å². The normalized spacial score (nSPS) is 11.3. The number of carbonyl (C=O) groups excluding carboxylic acids is 1. The number of nitrogens with zero attached hydrogens (tertiary/aromatic N) is 4. The van der Waals surface area contributed by atoms with E-state index in [2.05, 4.69) is 49.7 Å². The molecule has 4 rings (SSSR count). The minimum atomic E-state index is -0.0724. The molecule has 0 aliphatic carbocycles. The van der Waals surface area contributed by atoms with Gasteiger partial charge in [-0.05, 0) is 56.3 Å². The molecule has 2 aromatic heterocycles. The van der Waals surface area contributed by atoms with Crippen LogP contribution in [0.4, 0.5) is 5.13 Å². The number of hydrogen-bond donors (Lipinski definition) is 0. The van der Waals surface area contributed by atoms with E-state index in [0.717, 1.165) is 50.8 Å². The molecule has 0 atom stereocenters. The number of fused-ring (bicyclic) bond motifs is 2. The maximum absolute atomic E-state index is 13.6. The van der Waals surface area contributed by atoms with Crippen molar-refractivity contribution in [1.82, 2.24) is 14.9 Å². The van der Waals surface area contributed by atoms with Crippen molar-refractivity contribution in [3.63, 3.8) is 0 Å². The Bertz CT molecular complexity index is 1170. The van der Waals surface area contributed by atoms with Crippen LogP contribution in [0.5, 0.6) is 0 Å². The third-order valence-corrected chi connectivity index (χ3v) is 7.36. The molecule has 0 aliphatic rings. The number of carbonyl (C=O) groups is 1. The first-order chi connectivity index (χ1) is 14.5. The lowest BCUT2D eigenvalue weighted by Gasteiger charge is -2.24. The molecule has 2 aromatic carbocycles. The van der Waals surface area contributed by atoms with Gasteiger partial charge in [-0.1, -0.05) is 43.4 Å². The number of aromatic nitrogens is 2. The van der Waals surface area contributed by atoms with Crippen LogP contribution >= 0.6 is 35.1 Å². The topological polar surface area (TPSA) is 49.3 Å². The van der Waals surface area contributed by atoms with E-state index in [1.54, 1.807) is 11.3 Å². The second-order valence-corrected chi connectivity index (χ2v) is 9.44. The summed E-state index contributed by atoms with van der Waals surface area (Å²) in [6.07, 6.45) is 0. The molecule has 0 N–H and O–H groups in total. The van der Waals surface area contributed by atoms with E-state index in [1.807, 2.05) is 29.2 Å².